The standard InChI is InChI=1S/C20H19NO5/c1-3-17(22)15-6-8-16(9-7-15)25-13-20(23)26-18-10-5-14(12-21)11-19(18)24-4-2/h5-11H,3-4,13H2,1-2H3. The van der Waals surface area contributed by atoms with Gasteiger partial charge in [0.2, 0.25) is 0 Å². The summed E-state index contributed by atoms with van der Waals surface area (Å²) in [4.78, 5) is 23.6. The molecule has 0 aromatic heterocycles. The van der Waals surface area contributed by atoms with Crippen molar-refractivity contribution in [3.8, 4) is 23.3 Å². The Labute approximate surface area is 151 Å². The predicted octanol–water partition coefficient (Wildman–Crippen LogP) is 3.53. The van der Waals surface area contributed by atoms with Gasteiger partial charge in [-0.3, -0.25) is 4.79 Å². The minimum atomic E-state index is -0.607. The SMILES string of the molecule is CCOc1cc(C#N)ccc1OC(=O)COc1ccc(C(=O)CC)cc1. The van der Waals surface area contributed by atoms with Crippen LogP contribution in [-0.4, -0.2) is 25.0 Å². The number of ether oxygens (including phenoxy) is 3. The number of hydrogen-bond acceptors (Lipinski definition) is 6. The maximum atomic E-state index is 12.0. The molecule has 26 heavy (non-hydrogen) atoms. The molecule has 0 aliphatic heterocycles. The lowest BCUT2D eigenvalue weighted by Gasteiger charge is -2.11. The zero-order valence-corrected chi connectivity index (χ0v) is 14.7. The van der Waals surface area contributed by atoms with Gasteiger partial charge in [-0.2, -0.15) is 5.26 Å². The van der Waals surface area contributed by atoms with Gasteiger partial charge in [-0.25, -0.2) is 4.79 Å². The Hall–Kier alpha value is -3.33. The second-order valence-electron chi connectivity index (χ2n) is 5.27. The molecular weight excluding hydrogens is 334 g/mol. The zero-order chi connectivity index (χ0) is 18.9. The van der Waals surface area contributed by atoms with E-state index in [4.69, 9.17) is 19.5 Å². The molecule has 134 valence electrons. The van der Waals surface area contributed by atoms with Gasteiger partial charge in [0, 0.05) is 18.1 Å². The summed E-state index contributed by atoms with van der Waals surface area (Å²) in [5.41, 5.74) is 1.01. The number of benzene rings is 2. The van der Waals surface area contributed by atoms with Crippen molar-refractivity contribution in [2.24, 2.45) is 0 Å². The molecule has 0 atom stereocenters. The Kier molecular flexibility index (Phi) is 6.75. The summed E-state index contributed by atoms with van der Waals surface area (Å²) in [7, 11) is 0. The summed E-state index contributed by atoms with van der Waals surface area (Å²) < 4.78 is 16.0. The number of carbonyl (C=O) groups excluding carboxylic acids is 2. The van der Waals surface area contributed by atoms with Crippen LogP contribution in [0.5, 0.6) is 17.2 Å². The van der Waals surface area contributed by atoms with Crippen LogP contribution in [0.2, 0.25) is 0 Å². The van der Waals surface area contributed by atoms with Crippen molar-refractivity contribution in [2.45, 2.75) is 20.3 Å². The van der Waals surface area contributed by atoms with Crippen LogP contribution in [0.25, 0.3) is 0 Å². The van der Waals surface area contributed by atoms with E-state index in [0.717, 1.165) is 0 Å². The average Bonchev–Trinajstić information content (AvgIpc) is 2.67. The van der Waals surface area contributed by atoms with Gasteiger partial charge in [-0.15, -0.1) is 0 Å². The van der Waals surface area contributed by atoms with Gasteiger partial charge < -0.3 is 14.2 Å². The first-order valence-electron chi connectivity index (χ1n) is 8.21. The maximum Gasteiger partial charge on any atom is 0.349 e. The molecule has 0 bridgehead atoms. The Morgan fingerprint density at radius 1 is 1.00 bits per heavy atom. The molecule has 6 nitrogen and oxygen atoms in total. The van der Waals surface area contributed by atoms with Gasteiger partial charge in [0.05, 0.1) is 18.2 Å². The van der Waals surface area contributed by atoms with Gasteiger partial charge in [0.15, 0.2) is 23.9 Å². The van der Waals surface area contributed by atoms with E-state index in [1.165, 1.54) is 18.2 Å². The van der Waals surface area contributed by atoms with Crippen molar-refractivity contribution in [3.63, 3.8) is 0 Å². The van der Waals surface area contributed by atoms with Crippen molar-refractivity contribution in [3.05, 3.63) is 53.6 Å². The van der Waals surface area contributed by atoms with E-state index < -0.39 is 5.97 Å². The number of esters is 1. The minimum Gasteiger partial charge on any atom is -0.490 e. The number of rotatable bonds is 8. The normalized spacial score (nSPS) is 9.88. The second kappa shape index (κ2) is 9.23. The van der Waals surface area contributed by atoms with Crippen LogP contribution >= 0.6 is 0 Å². The van der Waals surface area contributed by atoms with Crippen molar-refractivity contribution in [1.82, 2.24) is 0 Å². The fourth-order valence-electron chi connectivity index (χ4n) is 2.17. The zero-order valence-electron chi connectivity index (χ0n) is 14.7. The van der Waals surface area contributed by atoms with E-state index in [1.54, 1.807) is 38.1 Å². The third-order valence-corrected chi connectivity index (χ3v) is 3.45. The number of Topliss-reactive ketones (excluding diaryl/α,β-unsaturated/α-hetero) is 1. The highest BCUT2D eigenvalue weighted by Gasteiger charge is 2.12. The van der Waals surface area contributed by atoms with Crippen molar-refractivity contribution < 1.29 is 23.8 Å². The predicted molar refractivity (Wildman–Crippen MR) is 94.5 cm³/mol. The summed E-state index contributed by atoms with van der Waals surface area (Å²) in [6.07, 6.45) is 0.430. The third kappa shape index (κ3) is 5.08. The van der Waals surface area contributed by atoms with E-state index in [1.807, 2.05) is 6.07 Å². The first-order valence-corrected chi connectivity index (χ1v) is 8.21. The highest BCUT2D eigenvalue weighted by atomic mass is 16.6. The quantitative estimate of drug-likeness (QED) is 0.410. The molecule has 2 aromatic carbocycles. The molecule has 2 aromatic rings. The molecule has 0 heterocycles. The number of carbonyl (C=O) groups is 2. The molecule has 0 fully saturated rings. The lowest BCUT2D eigenvalue weighted by molar-refractivity contribution is -0.136. The number of ketones is 1. The lowest BCUT2D eigenvalue weighted by Crippen LogP contribution is -2.18. The van der Waals surface area contributed by atoms with Crippen molar-refractivity contribution in [2.75, 3.05) is 13.2 Å². The molecule has 0 unspecified atom stereocenters. The highest BCUT2D eigenvalue weighted by molar-refractivity contribution is 5.95. The molecule has 0 amide bonds. The summed E-state index contributed by atoms with van der Waals surface area (Å²) in [6.45, 7) is 3.66. The molecule has 0 aliphatic carbocycles. The molecule has 2 rings (SSSR count). The molecule has 0 aliphatic rings. The Bertz CT molecular complexity index is 821. The monoisotopic (exact) mass is 353 g/mol. The smallest absolute Gasteiger partial charge is 0.349 e. The fraction of sp³-hybridized carbons (Fsp3) is 0.250. The van der Waals surface area contributed by atoms with E-state index in [2.05, 4.69) is 0 Å². The molecule has 0 N–H and O–H groups in total. The van der Waals surface area contributed by atoms with Gasteiger partial charge in [0.25, 0.3) is 0 Å². The largest absolute Gasteiger partial charge is 0.490 e. The fourth-order valence-corrected chi connectivity index (χ4v) is 2.17. The number of nitriles is 1. The average molecular weight is 353 g/mol. The Balaban J connectivity index is 1.97. The van der Waals surface area contributed by atoms with Gasteiger partial charge in [0.1, 0.15) is 5.75 Å². The first-order chi connectivity index (χ1) is 12.6. The molecule has 0 saturated carbocycles. The van der Waals surface area contributed by atoms with E-state index in [0.29, 0.717) is 35.7 Å². The van der Waals surface area contributed by atoms with E-state index in [-0.39, 0.29) is 18.1 Å². The minimum absolute atomic E-state index is 0.0419. The van der Waals surface area contributed by atoms with Crippen LogP contribution in [0.4, 0.5) is 0 Å². The summed E-state index contributed by atoms with van der Waals surface area (Å²) in [5, 5.41) is 8.93. The van der Waals surface area contributed by atoms with Gasteiger partial charge >= 0.3 is 5.97 Å². The molecule has 0 saturated heterocycles. The number of nitrogens with zero attached hydrogens (tertiary/aromatic N) is 1. The molecule has 0 radical (unpaired) electrons. The summed E-state index contributed by atoms with van der Waals surface area (Å²) in [6, 6.07) is 13.1. The summed E-state index contributed by atoms with van der Waals surface area (Å²) in [5.74, 6) is 0.440. The van der Waals surface area contributed by atoms with Crippen LogP contribution in [0, 0.1) is 11.3 Å². The van der Waals surface area contributed by atoms with Gasteiger partial charge in [-0.1, -0.05) is 6.92 Å². The van der Waals surface area contributed by atoms with Crippen molar-refractivity contribution in [1.29, 1.82) is 5.26 Å². The van der Waals surface area contributed by atoms with Crippen LogP contribution in [0.15, 0.2) is 42.5 Å². The highest BCUT2D eigenvalue weighted by Crippen LogP contribution is 2.28. The molecular formula is C20H19NO5. The first kappa shape index (κ1) is 19.0. The Morgan fingerprint density at radius 3 is 2.35 bits per heavy atom. The van der Waals surface area contributed by atoms with Crippen LogP contribution < -0.4 is 14.2 Å². The molecule has 6 heteroatoms. The van der Waals surface area contributed by atoms with Gasteiger partial charge in [-0.05, 0) is 43.3 Å². The Morgan fingerprint density at radius 2 is 1.73 bits per heavy atom. The van der Waals surface area contributed by atoms with E-state index >= 15 is 0 Å². The second-order valence-corrected chi connectivity index (χ2v) is 5.27. The molecule has 0 spiro atoms. The van der Waals surface area contributed by atoms with E-state index in [9.17, 15) is 9.59 Å². The van der Waals surface area contributed by atoms with Crippen LogP contribution in [-0.2, 0) is 4.79 Å². The number of hydrogen-bond donors (Lipinski definition) is 0. The van der Waals surface area contributed by atoms with Crippen LogP contribution in [0.1, 0.15) is 36.2 Å². The summed E-state index contributed by atoms with van der Waals surface area (Å²) >= 11 is 0. The van der Waals surface area contributed by atoms with Crippen molar-refractivity contribution >= 4 is 11.8 Å². The lowest BCUT2D eigenvalue weighted by atomic mass is 10.1. The third-order valence-electron chi connectivity index (χ3n) is 3.45. The van der Waals surface area contributed by atoms with Crippen LogP contribution in [0.3, 0.4) is 0 Å². The topological polar surface area (TPSA) is 85.6 Å². The maximum absolute atomic E-state index is 12.0.